The van der Waals surface area contributed by atoms with Crippen molar-refractivity contribution in [3.8, 4) is 0 Å². The minimum Gasteiger partial charge on any atom is -0.303 e. The first-order chi connectivity index (χ1) is 8.92. The van der Waals surface area contributed by atoms with Crippen LogP contribution in [-0.2, 0) is 9.09 Å². The van der Waals surface area contributed by atoms with Gasteiger partial charge in [0, 0.05) is 7.11 Å². The third-order valence-corrected chi connectivity index (χ3v) is 4.46. The maximum atomic E-state index is 9.47. The van der Waals surface area contributed by atoms with Crippen LogP contribution in [0.25, 0.3) is 0 Å². The number of unbranched alkanes of at least 4 members (excludes halogenated alkanes) is 1. The zero-order chi connectivity index (χ0) is 14.7. The van der Waals surface area contributed by atoms with E-state index >= 15 is 0 Å². The Morgan fingerprint density at radius 2 is 1.84 bits per heavy atom. The zero-order valence-electron chi connectivity index (χ0n) is 12.7. The highest BCUT2D eigenvalue weighted by Gasteiger charge is 2.18. The van der Waals surface area contributed by atoms with E-state index in [0.29, 0.717) is 0 Å². The minimum absolute atomic E-state index is 0.945. The number of rotatable bonds is 8. The lowest BCUT2D eigenvalue weighted by molar-refractivity contribution is 0.235. The molecule has 0 spiro atoms. The summed E-state index contributed by atoms with van der Waals surface area (Å²) in [6, 6.07) is 0. The molecule has 2 N–H and O–H groups in total. The van der Waals surface area contributed by atoms with Gasteiger partial charge in [-0.1, -0.05) is 71.6 Å². The fourth-order valence-corrected chi connectivity index (χ4v) is 2.30. The van der Waals surface area contributed by atoms with Crippen molar-refractivity contribution < 1.29 is 18.9 Å². The average Bonchev–Trinajstić information content (AvgIpc) is 2.31. The van der Waals surface area contributed by atoms with Gasteiger partial charge in [-0.25, -0.2) is 4.57 Å². The first-order valence-electron chi connectivity index (χ1n) is 7.54. The summed E-state index contributed by atoms with van der Waals surface area (Å²) >= 11 is 0. The summed E-state index contributed by atoms with van der Waals surface area (Å²) in [5.74, 6) is 2.16. The highest BCUT2D eigenvalue weighted by molar-refractivity contribution is 7.46. The third-order valence-electron chi connectivity index (χ3n) is 3.99. The summed E-state index contributed by atoms with van der Waals surface area (Å²) in [7, 11) is -3.20. The molecule has 0 radical (unpaired) electrons. The van der Waals surface area contributed by atoms with Crippen LogP contribution in [0.4, 0.5) is 0 Å². The Labute approximate surface area is 118 Å². The Hall–Kier alpha value is 0.110. The van der Waals surface area contributed by atoms with Gasteiger partial charge in [0.15, 0.2) is 0 Å². The molecule has 0 aromatic carbocycles. The Morgan fingerprint density at radius 3 is 2.16 bits per heavy atom. The predicted octanol–water partition coefficient (Wildman–Crippen LogP) is 4.51. The third kappa shape index (κ3) is 11.6. The number of phosphoric ester groups is 1. The summed E-state index contributed by atoms with van der Waals surface area (Å²) in [6.45, 7) is 4.67. The molecule has 1 unspecified atom stereocenters. The molecule has 116 valence electrons. The van der Waals surface area contributed by atoms with Crippen LogP contribution in [0.5, 0.6) is 0 Å². The van der Waals surface area contributed by atoms with Crippen molar-refractivity contribution >= 4 is 7.82 Å². The van der Waals surface area contributed by atoms with Crippen molar-refractivity contribution in [3.05, 3.63) is 0 Å². The fraction of sp³-hybridized carbons (Fsp3) is 1.00. The predicted molar refractivity (Wildman–Crippen MR) is 78.9 cm³/mol. The Bertz CT molecular complexity index is 248. The van der Waals surface area contributed by atoms with E-state index in [1.807, 2.05) is 0 Å². The lowest BCUT2D eigenvalue weighted by atomic mass is 9.79. The smallest absolute Gasteiger partial charge is 0.303 e. The molecule has 0 amide bonds. The molecule has 0 aliphatic heterocycles. The van der Waals surface area contributed by atoms with Crippen molar-refractivity contribution in [3.63, 3.8) is 0 Å². The summed E-state index contributed by atoms with van der Waals surface area (Å²) in [5.41, 5.74) is 0. The molecular weight excluding hydrogens is 263 g/mol. The van der Waals surface area contributed by atoms with E-state index in [9.17, 15) is 4.57 Å². The van der Waals surface area contributed by atoms with Gasteiger partial charge in [0.25, 0.3) is 0 Å². The van der Waals surface area contributed by atoms with E-state index in [0.717, 1.165) is 18.9 Å². The van der Waals surface area contributed by atoms with Gasteiger partial charge in [-0.15, -0.1) is 0 Å². The van der Waals surface area contributed by atoms with Crippen molar-refractivity contribution in [1.29, 1.82) is 0 Å². The molecule has 0 saturated heterocycles. The van der Waals surface area contributed by atoms with Crippen LogP contribution in [0.3, 0.4) is 0 Å². The lowest BCUT2D eigenvalue weighted by Gasteiger charge is -2.27. The van der Waals surface area contributed by atoms with E-state index < -0.39 is 7.82 Å². The second-order valence-electron chi connectivity index (χ2n) is 5.46. The van der Waals surface area contributed by atoms with Gasteiger partial charge < -0.3 is 9.79 Å². The molecule has 1 rings (SSSR count). The normalized spacial score (nSPS) is 17.3. The van der Waals surface area contributed by atoms with E-state index in [1.54, 1.807) is 0 Å². The topological polar surface area (TPSA) is 66.8 Å². The summed E-state index contributed by atoms with van der Waals surface area (Å²) < 4.78 is 13.1. The summed E-state index contributed by atoms with van der Waals surface area (Å²) in [4.78, 5) is 15.4. The first kappa shape index (κ1) is 19.1. The van der Waals surface area contributed by atoms with Crippen molar-refractivity contribution in [2.24, 2.45) is 11.8 Å². The van der Waals surface area contributed by atoms with Gasteiger partial charge in [0.05, 0.1) is 0 Å². The molecular formula is C14H31O4P. The molecule has 1 aliphatic rings. The highest BCUT2D eigenvalue weighted by atomic mass is 31.2. The summed E-state index contributed by atoms with van der Waals surface area (Å²) in [6.07, 6.45) is 13.3. The van der Waals surface area contributed by atoms with E-state index in [-0.39, 0.29) is 0 Å². The highest BCUT2D eigenvalue weighted by Crippen LogP contribution is 2.33. The maximum absolute atomic E-state index is 9.47. The van der Waals surface area contributed by atoms with Crippen molar-refractivity contribution in [1.82, 2.24) is 0 Å². The van der Waals surface area contributed by atoms with Crippen LogP contribution >= 0.6 is 7.82 Å². The van der Waals surface area contributed by atoms with E-state index in [1.165, 1.54) is 57.8 Å². The second kappa shape index (κ2) is 10.8. The Kier molecular flexibility index (Phi) is 10.9. The van der Waals surface area contributed by atoms with Crippen LogP contribution in [0.15, 0.2) is 0 Å². The molecule has 1 aliphatic carbocycles. The van der Waals surface area contributed by atoms with Crippen molar-refractivity contribution in [2.45, 2.75) is 71.6 Å². The lowest BCUT2D eigenvalue weighted by Crippen LogP contribution is -2.12. The van der Waals surface area contributed by atoms with Crippen LogP contribution in [0.1, 0.15) is 71.6 Å². The van der Waals surface area contributed by atoms with Gasteiger partial charge in [-0.2, -0.15) is 0 Å². The monoisotopic (exact) mass is 294 g/mol. The molecule has 5 heteroatoms. The zero-order valence-corrected chi connectivity index (χ0v) is 13.6. The Balaban J connectivity index is 0.000000459. The molecule has 1 saturated carbocycles. The van der Waals surface area contributed by atoms with Gasteiger partial charge in [0.2, 0.25) is 0 Å². The number of phosphoric acid groups is 1. The molecule has 4 nitrogen and oxygen atoms in total. The molecule has 0 aromatic rings. The standard InChI is InChI=1S/C13H26.CH5O4P/c1-3-5-7-12(4-2)10-11-13-8-6-9-13;1-5-6(2,3)4/h12-13H,3-11H2,1-2H3;1H3,(H2,2,3,4). The average molecular weight is 294 g/mol. The summed E-state index contributed by atoms with van der Waals surface area (Å²) in [5, 5.41) is 0. The fourth-order valence-electron chi connectivity index (χ4n) is 2.30. The molecule has 0 heterocycles. The number of hydrogen-bond donors (Lipinski definition) is 2. The molecule has 19 heavy (non-hydrogen) atoms. The van der Waals surface area contributed by atoms with Crippen LogP contribution < -0.4 is 0 Å². The largest absolute Gasteiger partial charge is 0.469 e. The van der Waals surface area contributed by atoms with Crippen LogP contribution in [0.2, 0.25) is 0 Å². The van der Waals surface area contributed by atoms with E-state index in [2.05, 4.69) is 18.4 Å². The van der Waals surface area contributed by atoms with Crippen LogP contribution in [-0.4, -0.2) is 16.9 Å². The van der Waals surface area contributed by atoms with Gasteiger partial charge >= 0.3 is 7.82 Å². The molecule has 1 atom stereocenters. The van der Waals surface area contributed by atoms with Crippen LogP contribution in [0, 0.1) is 11.8 Å². The maximum Gasteiger partial charge on any atom is 0.469 e. The van der Waals surface area contributed by atoms with Crippen molar-refractivity contribution in [2.75, 3.05) is 7.11 Å². The van der Waals surface area contributed by atoms with Gasteiger partial charge in [-0.3, -0.25) is 4.52 Å². The molecule has 0 bridgehead atoms. The van der Waals surface area contributed by atoms with E-state index in [4.69, 9.17) is 9.79 Å². The van der Waals surface area contributed by atoms with Gasteiger partial charge in [0.1, 0.15) is 0 Å². The first-order valence-corrected chi connectivity index (χ1v) is 9.07. The quantitative estimate of drug-likeness (QED) is 0.646. The van der Waals surface area contributed by atoms with Gasteiger partial charge in [-0.05, 0) is 11.8 Å². The minimum atomic E-state index is -4.15. The molecule has 1 fully saturated rings. The Morgan fingerprint density at radius 1 is 1.26 bits per heavy atom. The molecule has 0 aromatic heterocycles. The number of hydrogen-bond acceptors (Lipinski definition) is 2. The second-order valence-corrected chi connectivity index (χ2v) is 6.81. The SMILES string of the molecule is CCCCC(CC)CCC1CCC1.COP(=O)(O)O.